The van der Waals surface area contributed by atoms with Crippen molar-refractivity contribution in [2.75, 3.05) is 6.61 Å². The molecule has 0 rings (SSSR count). The lowest BCUT2D eigenvalue weighted by Crippen LogP contribution is -2.45. The quantitative estimate of drug-likeness (QED) is 0.0421. The highest BCUT2D eigenvalue weighted by molar-refractivity contribution is 5.76. The van der Waals surface area contributed by atoms with Crippen LogP contribution in [0.25, 0.3) is 0 Å². The van der Waals surface area contributed by atoms with E-state index in [2.05, 4.69) is 31.3 Å². The number of aliphatic hydroxyl groups is 2. The number of nitrogens with one attached hydrogen (secondary N) is 1. The Morgan fingerprint density at radius 2 is 0.603 bits per heavy atom. The maximum atomic E-state index is 12.5. The van der Waals surface area contributed by atoms with E-state index in [4.69, 9.17) is 0 Å². The Kier molecular flexibility index (Phi) is 54.7. The van der Waals surface area contributed by atoms with Crippen LogP contribution in [0.15, 0.2) is 12.2 Å². The third kappa shape index (κ3) is 52.0. The fourth-order valence-electron chi connectivity index (χ4n) is 9.54. The van der Waals surface area contributed by atoms with Crippen LogP contribution < -0.4 is 5.32 Å². The first kappa shape index (κ1) is 62.1. The number of carbonyl (C=O) groups excluding carboxylic acids is 1. The number of amides is 1. The van der Waals surface area contributed by atoms with Gasteiger partial charge in [-0.25, -0.2) is 0 Å². The number of hydrogen-bond acceptors (Lipinski definition) is 3. The van der Waals surface area contributed by atoms with Crippen molar-refractivity contribution in [1.29, 1.82) is 0 Å². The summed E-state index contributed by atoms with van der Waals surface area (Å²) in [5, 5.41) is 23.4. The van der Waals surface area contributed by atoms with E-state index >= 15 is 0 Å². The van der Waals surface area contributed by atoms with Crippen molar-refractivity contribution < 1.29 is 15.0 Å². The summed E-state index contributed by atoms with van der Waals surface area (Å²) in [6, 6.07) is -0.535. The summed E-state index contributed by atoms with van der Waals surface area (Å²) in [5.74, 6) is -0.0258. The van der Waals surface area contributed by atoms with Crippen molar-refractivity contribution in [3.05, 3.63) is 12.2 Å². The van der Waals surface area contributed by atoms with Gasteiger partial charge in [-0.05, 0) is 38.5 Å². The lowest BCUT2D eigenvalue weighted by molar-refractivity contribution is -0.123. The van der Waals surface area contributed by atoms with Gasteiger partial charge in [0.2, 0.25) is 5.91 Å². The molecule has 0 aliphatic heterocycles. The Morgan fingerprint density at radius 1 is 0.365 bits per heavy atom. The van der Waals surface area contributed by atoms with E-state index in [0.717, 1.165) is 25.7 Å². The molecular formula is C59H117NO3. The standard InChI is InChI=1S/C59H117NO3/c1-3-5-7-9-11-13-15-17-19-21-23-25-27-29-31-33-35-37-39-41-43-45-47-49-51-53-55-59(63)60-57(56-61)58(62)54-52-50-48-46-44-42-40-38-36-34-32-30-28-26-24-22-20-18-16-14-12-10-8-6-4-2/h29,31,57-58,61-62H,3-28,30,32-56H2,1-2H3,(H,60,63)/b31-29-. The van der Waals surface area contributed by atoms with Crippen LogP contribution in [0, 0.1) is 0 Å². The molecule has 376 valence electrons. The first-order valence-corrected chi connectivity index (χ1v) is 29.4. The van der Waals surface area contributed by atoms with E-state index in [9.17, 15) is 15.0 Å². The molecule has 2 atom stereocenters. The fraction of sp³-hybridized carbons (Fsp3) is 0.949. The lowest BCUT2D eigenvalue weighted by atomic mass is 10.0. The van der Waals surface area contributed by atoms with Gasteiger partial charge in [-0.2, -0.15) is 0 Å². The van der Waals surface area contributed by atoms with Crippen molar-refractivity contribution >= 4 is 5.91 Å². The Morgan fingerprint density at radius 3 is 0.873 bits per heavy atom. The van der Waals surface area contributed by atoms with Crippen LogP contribution in [0.5, 0.6) is 0 Å². The number of hydrogen-bond donors (Lipinski definition) is 3. The van der Waals surface area contributed by atoms with Crippen LogP contribution in [0.2, 0.25) is 0 Å². The van der Waals surface area contributed by atoms with Crippen molar-refractivity contribution in [1.82, 2.24) is 5.32 Å². The van der Waals surface area contributed by atoms with E-state index in [1.807, 2.05) is 0 Å². The van der Waals surface area contributed by atoms with Gasteiger partial charge in [0.05, 0.1) is 18.8 Å². The van der Waals surface area contributed by atoms with Gasteiger partial charge in [0.15, 0.2) is 0 Å². The molecule has 0 aromatic carbocycles. The normalized spacial score (nSPS) is 12.8. The molecule has 1 amide bonds. The Hall–Kier alpha value is -0.870. The van der Waals surface area contributed by atoms with Crippen LogP contribution >= 0.6 is 0 Å². The Bertz CT molecular complexity index is 875. The van der Waals surface area contributed by atoms with Crippen LogP contribution in [0.1, 0.15) is 341 Å². The number of unbranched alkanes of at least 4 members (excludes halogenated alkanes) is 46. The van der Waals surface area contributed by atoms with Gasteiger partial charge in [-0.3, -0.25) is 4.79 Å². The summed E-state index contributed by atoms with van der Waals surface area (Å²) in [6.07, 6.45) is 72.1. The van der Waals surface area contributed by atoms with Crippen molar-refractivity contribution in [3.63, 3.8) is 0 Å². The maximum Gasteiger partial charge on any atom is 0.220 e. The predicted octanol–water partition coefficient (Wildman–Crippen LogP) is 19.3. The second kappa shape index (κ2) is 55.5. The van der Waals surface area contributed by atoms with E-state index in [1.54, 1.807) is 0 Å². The molecule has 0 aliphatic carbocycles. The summed E-state index contributed by atoms with van der Waals surface area (Å²) in [6.45, 7) is 4.40. The highest BCUT2D eigenvalue weighted by atomic mass is 16.3. The van der Waals surface area contributed by atoms with Crippen LogP contribution in [0.4, 0.5) is 0 Å². The zero-order valence-corrected chi connectivity index (χ0v) is 43.4. The minimum absolute atomic E-state index is 0.0258. The molecule has 0 aliphatic rings. The summed E-state index contributed by atoms with van der Waals surface area (Å²) in [7, 11) is 0. The van der Waals surface area contributed by atoms with Gasteiger partial charge in [0, 0.05) is 6.42 Å². The second-order valence-electron chi connectivity index (χ2n) is 20.4. The highest BCUT2D eigenvalue weighted by Gasteiger charge is 2.20. The minimum atomic E-state index is -0.658. The van der Waals surface area contributed by atoms with Crippen LogP contribution in [0.3, 0.4) is 0 Å². The topological polar surface area (TPSA) is 69.6 Å². The number of allylic oxidation sites excluding steroid dienone is 2. The maximum absolute atomic E-state index is 12.5. The molecule has 0 bridgehead atoms. The average Bonchev–Trinajstić information content (AvgIpc) is 3.29. The van der Waals surface area contributed by atoms with Crippen LogP contribution in [-0.2, 0) is 4.79 Å². The summed E-state index contributed by atoms with van der Waals surface area (Å²) in [4.78, 5) is 12.5. The van der Waals surface area contributed by atoms with E-state index in [1.165, 1.54) is 289 Å². The minimum Gasteiger partial charge on any atom is -0.394 e. The molecule has 0 fully saturated rings. The van der Waals surface area contributed by atoms with Gasteiger partial charge in [0.25, 0.3) is 0 Å². The monoisotopic (exact) mass is 888 g/mol. The van der Waals surface area contributed by atoms with Gasteiger partial charge in [-0.1, -0.05) is 309 Å². The largest absolute Gasteiger partial charge is 0.394 e. The zero-order valence-electron chi connectivity index (χ0n) is 43.4. The number of carbonyl (C=O) groups is 1. The van der Waals surface area contributed by atoms with Crippen molar-refractivity contribution in [2.24, 2.45) is 0 Å². The Balaban J connectivity index is 3.42. The molecule has 4 heteroatoms. The molecule has 3 N–H and O–H groups in total. The summed E-state index contributed by atoms with van der Waals surface area (Å²) in [5.41, 5.74) is 0. The lowest BCUT2D eigenvalue weighted by Gasteiger charge is -2.22. The summed E-state index contributed by atoms with van der Waals surface area (Å²) >= 11 is 0. The highest BCUT2D eigenvalue weighted by Crippen LogP contribution is 2.18. The number of rotatable bonds is 55. The van der Waals surface area contributed by atoms with E-state index < -0.39 is 12.1 Å². The molecule has 63 heavy (non-hydrogen) atoms. The van der Waals surface area contributed by atoms with Crippen LogP contribution in [-0.4, -0.2) is 34.9 Å². The van der Waals surface area contributed by atoms with Gasteiger partial charge in [-0.15, -0.1) is 0 Å². The zero-order chi connectivity index (χ0) is 45.6. The number of aliphatic hydroxyl groups excluding tert-OH is 2. The molecule has 2 unspecified atom stereocenters. The first-order chi connectivity index (χ1) is 31.2. The molecule has 0 saturated carbocycles. The van der Waals surface area contributed by atoms with Gasteiger partial charge >= 0.3 is 0 Å². The van der Waals surface area contributed by atoms with Crippen molar-refractivity contribution in [2.45, 2.75) is 353 Å². The van der Waals surface area contributed by atoms with Gasteiger partial charge in [0.1, 0.15) is 0 Å². The first-order valence-electron chi connectivity index (χ1n) is 29.4. The smallest absolute Gasteiger partial charge is 0.220 e. The van der Waals surface area contributed by atoms with Gasteiger partial charge < -0.3 is 15.5 Å². The molecule has 0 heterocycles. The molecule has 0 aromatic heterocycles. The second-order valence-corrected chi connectivity index (χ2v) is 20.4. The molecular weight excluding hydrogens is 771 g/mol. The Labute approximate surface area is 397 Å². The third-order valence-corrected chi connectivity index (χ3v) is 14.0. The average molecular weight is 889 g/mol. The molecule has 0 spiro atoms. The molecule has 0 aromatic rings. The molecule has 0 saturated heterocycles. The SMILES string of the molecule is CCCCCCCCCCCCCC/C=C\CCCCCCCCCCCCC(=O)NC(CO)C(O)CCCCCCCCCCCCCCCCCCCCCCCCCCC. The third-order valence-electron chi connectivity index (χ3n) is 14.0. The fourth-order valence-corrected chi connectivity index (χ4v) is 9.54. The van der Waals surface area contributed by atoms with Crippen molar-refractivity contribution in [3.8, 4) is 0 Å². The molecule has 4 nitrogen and oxygen atoms in total. The molecule has 0 radical (unpaired) electrons. The van der Waals surface area contributed by atoms with E-state index in [-0.39, 0.29) is 12.5 Å². The van der Waals surface area contributed by atoms with E-state index in [0.29, 0.717) is 12.8 Å². The summed E-state index contributed by atoms with van der Waals surface area (Å²) < 4.78 is 0. The predicted molar refractivity (Wildman–Crippen MR) is 281 cm³/mol.